The summed E-state index contributed by atoms with van der Waals surface area (Å²) < 4.78 is 28.7. The molecule has 202 valence electrons. The SMILES string of the molecule is C[C@H](C(=O)NC1CCCCC1)N(Cc1ccc(Br)cc1)C(=O)CN(C)S(=O)(=O)c1ccc2ccccc2c1. The molecule has 3 aromatic carbocycles. The van der Waals surface area contributed by atoms with Gasteiger partial charge in [-0.05, 0) is 60.4 Å². The second kappa shape index (κ2) is 12.4. The summed E-state index contributed by atoms with van der Waals surface area (Å²) >= 11 is 3.42. The van der Waals surface area contributed by atoms with Crippen LogP contribution >= 0.6 is 15.9 Å². The molecule has 3 aromatic rings. The molecule has 2 amide bonds. The number of amides is 2. The predicted octanol–water partition coefficient (Wildman–Crippen LogP) is 5.09. The van der Waals surface area contributed by atoms with Crippen LogP contribution in [0.1, 0.15) is 44.6 Å². The lowest BCUT2D eigenvalue weighted by Crippen LogP contribution is -2.52. The molecule has 0 saturated heterocycles. The topological polar surface area (TPSA) is 86.8 Å². The molecule has 0 radical (unpaired) electrons. The van der Waals surface area contributed by atoms with Crippen LogP contribution in [0.4, 0.5) is 0 Å². The van der Waals surface area contributed by atoms with Crippen LogP contribution in [0.15, 0.2) is 76.1 Å². The number of rotatable bonds is 9. The van der Waals surface area contributed by atoms with Crippen LogP contribution in [0, 0.1) is 0 Å². The number of carbonyl (C=O) groups is 2. The molecule has 1 atom stereocenters. The molecule has 1 fully saturated rings. The van der Waals surface area contributed by atoms with Gasteiger partial charge in [0.15, 0.2) is 0 Å². The van der Waals surface area contributed by atoms with Crippen LogP contribution in [0.25, 0.3) is 10.8 Å². The zero-order valence-electron chi connectivity index (χ0n) is 21.8. The molecule has 1 N–H and O–H groups in total. The summed E-state index contributed by atoms with van der Waals surface area (Å²) in [7, 11) is -2.53. The molecular formula is C29H34BrN3O4S. The number of benzene rings is 3. The number of likely N-dealkylation sites (N-methyl/N-ethyl adjacent to an activating group) is 1. The van der Waals surface area contributed by atoms with Crippen LogP contribution in [0.2, 0.25) is 0 Å². The quantitative estimate of drug-likeness (QED) is 0.371. The monoisotopic (exact) mass is 599 g/mol. The van der Waals surface area contributed by atoms with E-state index in [9.17, 15) is 18.0 Å². The fraction of sp³-hybridized carbons (Fsp3) is 0.379. The van der Waals surface area contributed by atoms with E-state index < -0.39 is 22.0 Å². The highest BCUT2D eigenvalue weighted by atomic mass is 79.9. The van der Waals surface area contributed by atoms with Crippen LogP contribution in [0.5, 0.6) is 0 Å². The van der Waals surface area contributed by atoms with Crippen LogP contribution in [0.3, 0.4) is 0 Å². The van der Waals surface area contributed by atoms with Crippen molar-refractivity contribution in [3.05, 3.63) is 76.8 Å². The Balaban J connectivity index is 1.53. The Morgan fingerprint density at radius 1 is 0.974 bits per heavy atom. The summed E-state index contributed by atoms with van der Waals surface area (Å²) in [6.45, 7) is 1.51. The average molecular weight is 601 g/mol. The highest BCUT2D eigenvalue weighted by molar-refractivity contribution is 9.10. The minimum Gasteiger partial charge on any atom is -0.352 e. The number of nitrogens with one attached hydrogen (secondary N) is 1. The molecule has 7 nitrogen and oxygen atoms in total. The van der Waals surface area contributed by atoms with E-state index in [2.05, 4.69) is 21.2 Å². The fourth-order valence-electron chi connectivity index (χ4n) is 4.81. The van der Waals surface area contributed by atoms with E-state index in [-0.39, 0.29) is 29.9 Å². The van der Waals surface area contributed by atoms with Crippen molar-refractivity contribution < 1.29 is 18.0 Å². The molecule has 38 heavy (non-hydrogen) atoms. The van der Waals surface area contributed by atoms with E-state index in [0.717, 1.165) is 50.8 Å². The zero-order valence-corrected chi connectivity index (χ0v) is 24.2. The highest BCUT2D eigenvalue weighted by Crippen LogP contribution is 2.22. The molecule has 0 heterocycles. The lowest BCUT2D eigenvalue weighted by atomic mass is 9.95. The summed E-state index contributed by atoms with van der Waals surface area (Å²) in [5.74, 6) is -0.659. The molecule has 0 aromatic heterocycles. The van der Waals surface area contributed by atoms with Gasteiger partial charge < -0.3 is 10.2 Å². The molecule has 0 spiro atoms. The standard InChI is InChI=1S/C29H34BrN3O4S/c1-21(29(35)31-26-10-4-3-5-11-26)33(19-22-12-15-25(30)16-13-22)28(34)20-32(2)38(36,37)27-17-14-23-8-6-7-9-24(23)18-27/h6-9,12-18,21,26H,3-5,10-11,19-20H2,1-2H3,(H,31,35)/t21-/m1/s1. The Morgan fingerprint density at radius 2 is 1.63 bits per heavy atom. The van der Waals surface area contributed by atoms with Crippen molar-refractivity contribution in [1.29, 1.82) is 0 Å². The van der Waals surface area contributed by atoms with Crippen molar-refractivity contribution >= 4 is 48.5 Å². The maximum absolute atomic E-state index is 13.6. The van der Waals surface area contributed by atoms with Crippen molar-refractivity contribution in [2.45, 2.75) is 62.6 Å². The van der Waals surface area contributed by atoms with Crippen LogP contribution in [-0.4, -0.2) is 55.1 Å². The Kier molecular flexibility index (Phi) is 9.23. The van der Waals surface area contributed by atoms with Crippen LogP contribution in [-0.2, 0) is 26.2 Å². The number of fused-ring (bicyclic) bond motifs is 1. The van der Waals surface area contributed by atoms with Crippen molar-refractivity contribution in [2.75, 3.05) is 13.6 Å². The summed E-state index contributed by atoms with van der Waals surface area (Å²) in [4.78, 5) is 28.4. The normalized spacial score (nSPS) is 15.4. The van der Waals surface area contributed by atoms with E-state index >= 15 is 0 Å². The Labute approximate surface area is 233 Å². The van der Waals surface area contributed by atoms with Crippen molar-refractivity contribution in [3.63, 3.8) is 0 Å². The molecule has 0 aliphatic heterocycles. The molecule has 1 aliphatic rings. The van der Waals surface area contributed by atoms with Gasteiger partial charge in [0, 0.05) is 24.1 Å². The summed E-state index contributed by atoms with van der Waals surface area (Å²) in [5, 5.41) is 4.84. The third-order valence-electron chi connectivity index (χ3n) is 7.17. The van der Waals surface area contributed by atoms with E-state index in [1.165, 1.54) is 18.4 Å². The van der Waals surface area contributed by atoms with Gasteiger partial charge in [-0.3, -0.25) is 9.59 Å². The second-order valence-electron chi connectivity index (χ2n) is 9.94. The maximum atomic E-state index is 13.6. The molecule has 1 aliphatic carbocycles. The van der Waals surface area contributed by atoms with E-state index in [1.807, 2.05) is 48.5 Å². The third kappa shape index (κ3) is 6.81. The van der Waals surface area contributed by atoms with E-state index in [4.69, 9.17) is 0 Å². The van der Waals surface area contributed by atoms with Gasteiger partial charge in [0.2, 0.25) is 21.8 Å². The fourth-order valence-corrected chi connectivity index (χ4v) is 6.23. The lowest BCUT2D eigenvalue weighted by molar-refractivity contribution is -0.141. The zero-order chi connectivity index (χ0) is 27.3. The maximum Gasteiger partial charge on any atom is 0.243 e. The number of halogens is 1. The largest absolute Gasteiger partial charge is 0.352 e. The molecule has 1 saturated carbocycles. The van der Waals surface area contributed by atoms with Gasteiger partial charge in [-0.2, -0.15) is 4.31 Å². The van der Waals surface area contributed by atoms with Crippen molar-refractivity contribution in [3.8, 4) is 0 Å². The minimum atomic E-state index is -3.93. The smallest absolute Gasteiger partial charge is 0.243 e. The number of sulfonamides is 1. The first-order valence-electron chi connectivity index (χ1n) is 12.9. The first-order chi connectivity index (χ1) is 18.1. The molecule has 9 heteroatoms. The van der Waals surface area contributed by atoms with Gasteiger partial charge in [0.1, 0.15) is 6.04 Å². The first kappa shape index (κ1) is 28.3. The predicted molar refractivity (Wildman–Crippen MR) is 153 cm³/mol. The van der Waals surface area contributed by atoms with Crippen LogP contribution < -0.4 is 5.32 Å². The van der Waals surface area contributed by atoms with Crippen molar-refractivity contribution in [1.82, 2.24) is 14.5 Å². The Morgan fingerprint density at radius 3 is 2.32 bits per heavy atom. The van der Waals surface area contributed by atoms with E-state index in [1.54, 1.807) is 25.1 Å². The second-order valence-corrected chi connectivity index (χ2v) is 12.9. The van der Waals surface area contributed by atoms with Gasteiger partial charge in [0.05, 0.1) is 11.4 Å². The summed E-state index contributed by atoms with van der Waals surface area (Å²) in [5.41, 5.74) is 0.846. The Bertz CT molecular complexity index is 1390. The summed E-state index contributed by atoms with van der Waals surface area (Å²) in [6, 6.07) is 19.3. The van der Waals surface area contributed by atoms with Gasteiger partial charge in [0.25, 0.3) is 0 Å². The molecular weight excluding hydrogens is 566 g/mol. The third-order valence-corrected chi connectivity index (χ3v) is 9.50. The number of hydrogen-bond acceptors (Lipinski definition) is 4. The van der Waals surface area contributed by atoms with E-state index in [0.29, 0.717) is 0 Å². The first-order valence-corrected chi connectivity index (χ1v) is 15.2. The molecule has 0 bridgehead atoms. The van der Waals surface area contributed by atoms with Gasteiger partial charge in [-0.1, -0.05) is 77.7 Å². The number of hydrogen-bond donors (Lipinski definition) is 1. The minimum absolute atomic E-state index is 0.110. The van der Waals surface area contributed by atoms with Gasteiger partial charge >= 0.3 is 0 Å². The number of nitrogens with zero attached hydrogens (tertiary/aromatic N) is 2. The number of carbonyl (C=O) groups excluding carboxylic acids is 2. The highest BCUT2D eigenvalue weighted by Gasteiger charge is 2.31. The van der Waals surface area contributed by atoms with Gasteiger partial charge in [-0.25, -0.2) is 8.42 Å². The molecule has 4 rings (SSSR count). The molecule has 0 unspecified atom stereocenters. The van der Waals surface area contributed by atoms with Gasteiger partial charge in [-0.15, -0.1) is 0 Å². The summed E-state index contributed by atoms with van der Waals surface area (Å²) in [6.07, 6.45) is 5.21. The van der Waals surface area contributed by atoms with Crippen molar-refractivity contribution in [2.24, 2.45) is 0 Å². The Hall–Kier alpha value is -2.75. The average Bonchev–Trinajstić information content (AvgIpc) is 2.92. The lowest BCUT2D eigenvalue weighted by Gasteiger charge is -2.32.